The maximum absolute atomic E-state index is 13.1. The van der Waals surface area contributed by atoms with Gasteiger partial charge in [0.05, 0.1) is 16.6 Å². The summed E-state index contributed by atoms with van der Waals surface area (Å²) in [5.74, 6) is -0.660. The number of amides is 1. The van der Waals surface area contributed by atoms with Crippen molar-refractivity contribution in [2.24, 2.45) is 0 Å². The molecule has 0 bridgehead atoms. The molecule has 8 heteroatoms. The van der Waals surface area contributed by atoms with E-state index in [1.807, 2.05) is 0 Å². The van der Waals surface area contributed by atoms with Crippen LogP contribution in [0, 0.1) is 5.82 Å². The molecule has 0 saturated carbocycles. The maximum atomic E-state index is 13.1. The normalized spacial score (nSPS) is 12.3. The molecule has 0 aromatic heterocycles. The Labute approximate surface area is 180 Å². The molecule has 3 aromatic rings. The minimum absolute atomic E-state index is 0.115. The van der Waals surface area contributed by atoms with Gasteiger partial charge in [-0.05, 0) is 73.2 Å². The number of rotatable bonds is 6. The molecular weight excluding hydrogens is 427 g/mol. The van der Waals surface area contributed by atoms with Crippen molar-refractivity contribution in [2.75, 3.05) is 11.4 Å². The van der Waals surface area contributed by atoms with Crippen LogP contribution in [0.3, 0.4) is 0 Å². The number of carbonyl (C=O) groups is 1. The lowest BCUT2D eigenvalue weighted by Gasteiger charge is -2.20. The second-order valence-electron chi connectivity index (χ2n) is 6.72. The van der Waals surface area contributed by atoms with E-state index in [4.69, 9.17) is 11.6 Å². The molecule has 0 saturated heterocycles. The number of nitrogens with zero attached hydrogens (tertiary/aromatic N) is 1. The fourth-order valence-corrected chi connectivity index (χ4v) is 4.16. The summed E-state index contributed by atoms with van der Waals surface area (Å²) in [5.41, 5.74) is 1.56. The first-order chi connectivity index (χ1) is 14.2. The first-order valence-corrected chi connectivity index (χ1v) is 10.9. The highest BCUT2D eigenvalue weighted by molar-refractivity contribution is 7.92. The molecule has 0 spiro atoms. The maximum Gasteiger partial charge on any atom is 0.264 e. The quantitative estimate of drug-likeness (QED) is 0.591. The van der Waals surface area contributed by atoms with E-state index in [1.54, 1.807) is 43.3 Å². The highest BCUT2D eigenvalue weighted by Crippen LogP contribution is 2.24. The Morgan fingerprint density at radius 3 is 2.10 bits per heavy atom. The number of nitrogens with one attached hydrogen (secondary N) is 1. The van der Waals surface area contributed by atoms with Crippen LogP contribution in [0.25, 0.3) is 0 Å². The fraction of sp³-hybridized carbons (Fsp3) is 0.136. The molecule has 0 unspecified atom stereocenters. The van der Waals surface area contributed by atoms with Gasteiger partial charge < -0.3 is 5.32 Å². The van der Waals surface area contributed by atoms with Crippen LogP contribution in [0.15, 0.2) is 77.7 Å². The number of sulfonamides is 1. The van der Waals surface area contributed by atoms with Crippen LogP contribution in [0.5, 0.6) is 0 Å². The SMILES string of the molecule is C[C@@H](NC(=O)c1ccc(N(C)S(=O)(=O)c2ccc(Cl)cc2)cc1)c1ccc(F)cc1. The van der Waals surface area contributed by atoms with Crippen molar-refractivity contribution >= 4 is 33.2 Å². The summed E-state index contributed by atoms with van der Waals surface area (Å²) in [6, 6.07) is 17.7. The van der Waals surface area contributed by atoms with Gasteiger partial charge in [-0.25, -0.2) is 12.8 Å². The van der Waals surface area contributed by atoms with Gasteiger partial charge in [0.15, 0.2) is 0 Å². The van der Waals surface area contributed by atoms with Crippen molar-refractivity contribution in [1.82, 2.24) is 5.32 Å². The van der Waals surface area contributed by atoms with Crippen molar-refractivity contribution in [3.63, 3.8) is 0 Å². The minimum Gasteiger partial charge on any atom is -0.346 e. The van der Waals surface area contributed by atoms with Crippen molar-refractivity contribution in [2.45, 2.75) is 17.9 Å². The van der Waals surface area contributed by atoms with Gasteiger partial charge in [-0.1, -0.05) is 23.7 Å². The molecular formula is C22H20ClFN2O3S. The summed E-state index contributed by atoms with van der Waals surface area (Å²) in [4.78, 5) is 12.6. The summed E-state index contributed by atoms with van der Waals surface area (Å²) in [5, 5.41) is 3.28. The second-order valence-corrected chi connectivity index (χ2v) is 9.13. The highest BCUT2D eigenvalue weighted by atomic mass is 35.5. The molecule has 5 nitrogen and oxygen atoms in total. The Kier molecular flexibility index (Phi) is 6.43. The predicted octanol–water partition coefficient (Wildman–Crippen LogP) is 4.80. The third-order valence-electron chi connectivity index (χ3n) is 4.68. The number of anilines is 1. The minimum atomic E-state index is -3.76. The summed E-state index contributed by atoms with van der Waals surface area (Å²) in [7, 11) is -2.32. The molecule has 0 aliphatic heterocycles. The Hall–Kier alpha value is -2.90. The van der Waals surface area contributed by atoms with Crippen LogP contribution in [-0.4, -0.2) is 21.4 Å². The average Bonchev–Trinajstić information content (AvgIpc) is 2.74. The Bertz CT molecular complexity index is 1130. The van der Waals surface area contributed by atoms with E-state index in [0.717, 1.165) is 9.87 Å². The van der Waals surface area contributed by atoms with Gasteiger partial charge in [0.1, 0.15) is 5.82 Å². The van der Waals surface area contributed by atoms with Gasteiger partial charge in [0, 0.05) is 17.6 Å². The van der Waals surface area contributed by atoms with E-state index in [1.165, 1.54) is 43.4 Å². The summed E-state index contributed by atoms with van der Waals surface area (Å²) >= 11 is 5.82. The van der Waals surface area contributed by atoms with Crippen LogP contribution in [-0.2, 0) is 10.0 Å². The van der Waals surface area contributed by atoms with Gasteiger partial charge in [0.25, 0.3) is 15.9 Å². The van der Waals surface area contributed by atoms with Crippen LogP contribution in [0.2, 0.25) is 5.02 Å². The Morgan fingerprint density at radius 2 is 1.53 bits per heavy atom. The van der Waals surface area contributed by atoms with E-state index in [-0.39, 0.29) is 22.7 Å². The van der Waals surface area contributed by atoms with E-state index >= 15 is 0 Å². The average molecular weight is 447 g/mol. The van der Waals surface area contributed by atoms with Crippen LogP contribution >= 0.6 is 11.6 Å². The monoisotopic (exact) mass is 446 g/mol. The van der Waals surface area contributed by atoms with Crippen molar-refractivity contribution in [1.29, 1.82) is 0 Å². The molecule has 3 aromatic carbocycles. The van der Waals surface area contributed by atoms with Crippen LogP contribution in [0.4, 0.5) is 10.1 Å². The lowest BCUT2D eigenvalue weighted by molar-refractivity contribution is 0.0940. The lowest BCUT2D eigenvalue weighted by Crippen LogP contribution is -2.28. The van der Waals surface area contributed by atoms with Gasteiger partial charge in [-0.3, -0.25) is 9.10 Å². The number of hydrogen-bond acceptors (Lipinski definition) is 3. The molecule has 3 rings (SSSR count). The molecule has 0 fully saturated rings. The smallest absolute Gasteiger partial charge is 0.264 e. The van der Waals surface area contributed by atoms with Crippen LogP contribution < -0.4 is 9.62 Å². The predicted molar refractivity (Wildman–Crippen MR) is 116 cm³/mol. The van der Waals surface area contributed by atoms with E-state index in [2.05, 4.69) is 5.32 Å². The van der Waals surface area contributed by atoms with E-state index in [0.29, 0.717) is 16.3 Å². The third-order valence-corrected chi connectivity index (χ3v) is 6.73. The fourth-order valence-electron chi connectivity index (χ4n) is 2.84. The summed E-state index contributed by atoms with van der Waals surface area (Å²) < 4.78 is 39.7. The van der Waals surface area contributed by atoms with Crippen molar-refractivity contribution in [3.05, 3.63) is 94.8 Å². The number of carbonyl (C=O) groups excluding carboxylic acids is 1. The molecule has 30 heavy (non-hydrogen) atoms. The Balaban J connectivity index is 1.72. The van der Waals surface area contributed by atoms with Gasteiger partial charge in [-0.2, -0.15) is 0 Å². The van der Waals surface area contributed by atoms with Crippen LogP contribution in [0.1, 0.15) is 28.9 Å². The zero-order chi connectivity index (χ0) is 21.9. The zero-order valence-corrected chi connectivity index (χ0v) is 17.9. The third kappa shape index (κ3) is 4.80. The first kappa shape index (κ1) is 21.8. The van der Waals surface area contributed by atoms with Crippen molar-refractivity contribution in [3.8, 4) is 0 Å². The highest BCUT2D eigenvalue weighted by Gasteiger charge is 2.21. The number of benzene rings is 3. The summed E-state index contributed by atoms with van der Waals surface area (Å²) in [6.45, 7) is 1.80. The molecule has 156 valence electrons. The number of hydrogen-bond donors (Lipinski definition) is 1. The molecule has 1 N–H and O–H groups in total. The van der Waals surface area contributed by atoms with Gasteiger partial charge in [0.2, 0.25) is 0 Å². The first-order valence-electron chi connectivity index (χ1n) is 9.09. The summed E-state index contributed by atoms with van der Waals surface area (Å²) in [6.07, 6.45) is 0. The second kappa shape index (κ2) is 8.85. The Morgan fingerprint density at radius 1 is 0.967 bits per heavy atom. The standard InChI is InChI=1S/C22H20ClFN2O3S/c1-15(16-3-9-19(24)10-4-16)25-22(27)17-5-11-20(12-6-17)26(2)30(28,29)21-13-7-18(23)8-14-21/h3-15H,1-2H3,(H,25,27)/t15-/m1/s1. The molecule has 0 heterocycles. The number of halogens is 2. The molecule has 1 amide bonds. The molecule has 1 atom stereocenters. The zero-order valence-electron chi connectivity index (χ0n) is 16.3. The van der Waals surface area contributed by atoms with Gasteiger partial charge in [-0.15, -0.1) is 0 Å². The van der Waals surface area contributed by atoms with Crippen molar-refractivity contribution < 1.29 is 17.6 Å². The topological polar surface area (TPSA) is 66.5 Å². The van der Waals surface area contributed by atoms with Gasteiger partial charge >= 0.3 is 0 Å². The molecule has 0 radical (unpaired) electrons. The molecule has 0 aliphatic carbocycles. The largest absolute Gasteiger partial charge is 0.346 e. The molecule has 0 aliphatic rings. The van der Waals surface area contributed by atoms with E-state index < -0.39 is 10.0 Å². The lowest BCUT2D eigenvalue weighted by atomic mass is 10.1. The van der Waals surface area contributed by atoms with E-state index in [9.17, 15) is 17.6 Å².